The van der Waals surface area contributed by atoms with Crippen molar-refractivity contribution in [1.82, 2.24) is 9.62 Å². The summed E-state index contributed by atoms with van der Waals surface area (Å²) in [6, 6.07) is 13.8. The molecule has 0 saturated carbocycles. The third kappa shape index (κ3) is 5.56. The van der Waals surface area contributed by atoms with E-state index in [2.05, 4.69) is 16.3 Å². The van der Waals surface area contributed by atoms with Gasteiger partial charge < -0.3 is 15.1 Å². The quantitative estimate of drug-likeness (QED) is 0.642. The van der Waals surface area contributed by atoms with Gasteiger partial charge in [0.05, 0.1) is 11.7 Å². The minimum atomic E-state index is -3.51. The van der Waals surface area contributed by atoms with Crippen LogP contribution in [0.15, 0.2) is 48.5 Å². The summed E-state index contributed by atoms with van der Waals surface area (Å²) in [4.78, 5) is 28.4. The SMILES string of the molecule is Cc1cccc(N2CCN(S(=O)(=O)CCNC(=O)C3CC(=O)N(c4cccc(F)c4)C3)CC2)c1. The summed E-state index contributed by atoms with van der Waals surface area (Å²) in [5.41, 5.74) is 2.65. The van der Waals surface area contributed by atoms with Crippen molar-refractivity contribution in [2.24, 2.45) is 5.92 Å². The number of nitrogens with one attached hydrogen (secondary N) is 1. The highest BCUT2D eigenvalue weighted by atomic mass is 32.2. The number of hydrogen-bond donors (Lipinski definition) is 1. The molecule has 0 aliphatic carbocycles. The molecule has 1 unspecified atom stereocenters. The standard InChI is InChI=1S/C24H29FN4O4S/c1-18-4-2-6-21(14-18)27-9-11-28(12-10-27)34(32,33)13-8-26-24(31)19-15-23(30)29(17-19)22-7-3-5-20(25)16-22/h2-7,14,16,19H,8-13,15,17H2,1H3,(H,26,31). The van der Waals surface area contributed by atoms with Gasteiger partial charge in [0.25, 0.3) is 0 Å². The van der Waals surface area contributed by atoms with E-state index in [9.17, 15) is 22.4 Å². The first-order chi connectivity index (χ1) is 16.2. The number of amides is 2. The maximum absolute atomic E-state index is 13.5. The summed E-state index contributed by atoms with van der Waals surface area (Å²) < 4.78 is 40.5. The number of sulfonamides is 1. The second-order valence-corrected chi connectivity index (χ2v) is 10.8. The van der Waals surface area contributed by atoms with Crippen molar-refractivity contribution in [3.05, 3.63) is 59.9 Å². The van der Waals surface area contributed by atoms with Crippen LogP contribution in [0.1, 0.15) is 12.0 Å². The van der Waals surface area contributed by atoms with E-state index >= 15 is 0 Å². The highest BCUT2D eigenvalue weighted by Gasteiger charge is 2.35. The number of halogens is 1. The molecule has 2 amide bonds. The summed E-state index contributed by atoms with van der Waals surface area (Å²) in [6.07, 6.45) is 0.00994. The molecule has 0 spiro atoms. The molecule has 0 aromatic heterocycles. The third-order valence-electron chi connectivity index (χ3n) is 6.27. The number of benzene rings is 2. The fourth-order valence-electron chi connectivity index (χ4n) is 4.40. The van der Waals surface area contributed by atoms with E-state index in [-0.39, 0.29) is 37.1 Å². The minimum Gasteiger partial charge on any atom is -0.369 e. The molecule has 10 heteroatoms. The van der Waals surface area contributed by atoms with Gasteiger partial charge in [0.15, 0.2) is 0 Å². The second kappa shape index (κ2) is 10.1. The zero-order valence-electron chi connectivity index (χ0n) is 19.1. The van der Waals surface area contributed by atoms with Gasteiger partial charge in [-0.2, -0.15) is 4.31 Å². The maximum Gasteiger partial charge on any atom is 0.227 e. The molecule has 2 saturated heterocycles. The van der Waals surface area contributed by atoms with Crippen LogP contribution < -0.4 is 15.1 Å². The van der Waals surface area contributed by atoms with Crippen molar-refractivity contribution in [2.75, 3.05) is 54.8 Å². The van der Waals surface area contributed by atoms with E-state index in [0.717, 1.165) is 11.3 Å². The molecule has 34 heavy (non-hydrogen) atoms. The monoisotopic (exact) mass is 488 g/mol. The van der Waals surface area contributed by atoms with Crippen LogP contribution in [0.3, 0.4) is 0 Å². The van der Waals surface area contributed by atoms with E-state index in [1.807, 2.05) is 25.1 Å². The summed E-state index contributed by atoms with van der Waals surface area (Å²) in [5, 5.41) is 2.66. The molecular weight excluding hydrogens is 459 g/mol. The topological polar surface area (TPSA) is 90.0 Å². The van der Waals surface area contributed by atoms with E-state index in [1.54, 1.807) is 6.07 Å². The van der Waals surface area contributed by atoms with Crippen molar-refractivity contribution >= 4 is 33.2 Å². The first kappa shape index (κ1) is 24.2. The number of aryl methyl sites for hydroxylation is 1. The van der Waals surface area contributed by atoms with Crippen molar-refractivity contribution in [1.29, 1.82) is 0 Å². The van der Waals surface area contributed by atoms with Crippen LogP contribution in [0.4, 0.5) is 15.8 Å². The van der Waals surface area contributed by atoms with Crippen LogP contribution in [0.25, 0.3) is 0 Å². The van der Waals surface area contributed by atoms with Gasteiger partial charge in [0.2, 0.25) is 21.8 Å². The van der Waals surface area contributed by atoms with Gasteiger partial charge in [0, 0.05) is 57.1 Å². The molecule has 1 atom stereocenters. The lowest BCUT2D eigenvalue weighted by atomic mass is 10.1. The second-order valence-electron chi connectivity index (χ2n) is 8.72. The predicted octanol–water partition coefficient (Wildman–Crippen LogP) is 1.76. The summed E-state index contributed by atoms with van der Waals surface area (Å²) in [5.74, 6) is -1.88. The first-order valence-electron chi connectivity index (χ1n) is 11.4. The molecule has 2 fully saturated rings. The average molecular weight is 489 g/mol. The number of piperazine rings is 1. The van der Waals surface area contributed by atoms with Crippen LogP contribution in [0.5, 0.6) is 0 Å². The fourth-order valence-corrected chi connectivity index (χ4v) is 5.74. The van der Waals surface area contributed by atoms with Crippen LogP contribution in [-0.4, -0.2) is 69.6 Å². The lowest BCUT2D eigenvalue weighted by molar-refractivity contribution is -0.126. The van der Waals surface area contributed by atoms with E-state index in [0.29, 0.717) is 31.9 Å². The third-order valence-corrected chi connectivity index (χ3v) is 8.15. The number of nitrogens with zero attached hydrogens (tertiary/aromatic N) is 3. The Labute approximate surface area is 199 Å². The number of carbonyl (C=O) groups is 2. The Morgan fingerprint density at radius 3 is 2.47 bits per heavy atom. The minimum absolute atomic E-state index is 0.00994. The van der Waals surface area contributed by atoms with Gasteiger partial charge in [-0.25, -0.2) is 12.8 Å². The lowest BCUT2D eigenvalue weighted by Crippen LogP contribution is -2.50. The Morgan fingerprint density at radius 1 is 1.06 bits per heavy atom. The van der Waals surface area contributed by atoms with Crippen LogP contribution in [-0.2, 0) is 19.6 Å². The summed E-state index contributed by atoms with van der Waals surface area (Å²) in [6.45, 7) is 4.14. The van der Waals surface area contributed by atoms with Crippen molar-refractivity contribution in [3.8, 4) is 0 Å². The van der Waals surface area contributed by atoms with Gasteiger partial charge in [-0.1, -0.05) is 18.2 Å². The van der Waals surface area contributed by atoms with Gasteiger partial charge >= 0.3 is 0 Å². The van der Waals surface area contributed by atoms with Gasteiger partial charge in [-0.05, 0) is 42.8 Å². The Morgan fingerprint density at radius 2 is 1.76 bits per heavy atom. The molecule has 0 radical (unpaired) electrons. The normalized spacial score (nSPS) is 19.5. The highest BCUT2D eigenvalue weighted by Crippen LogP contribution is 2.25. The van der Waals surface area contributed by atoms with E-state index in [4.69, 9.17) is 0 Å². The van der Waals surface area contributed by atoms with Gasteiger partial charge in [-0.15, -0.1) is 0 Å². The Bertz CT molecular complexity index is 1170. The molecule has 0 bridgehead atoms. The smallest absolute Gasteiger partial charge is 0.227 e. The van der Waals surface area contributed by atoms with Crippen LogP contribution >= 0.6 is 0 Å². The number of rotatable bonds is 7. The Hall–Kier alpha value is -2.98. The predicted molar refractivity (Wildman–Crippen MR) is 129 cm³/mol. The molecule has 2 aromatic rings. The van der Waals surface area contributed by atoms with Crippen LogP contribution in [0, 0.1) is 18.7 Å². The molecule has 1 N–H and O–H groups in total. The molecule has 4 rings (SSSR count). The average Bonchev–Trinajstić information content (AvgIpc) is 3.21. The number of carbonyl (C=O) groups excluding carboxylic acids is 2. The Kier molecular flexibility index (Phi) is 7.18. The molecule has 2 aliphatic heterocycles. The zero-order chi connectivity index (χ0) is 24.3. The zero-order valence-corrected chi connectivity index (χ0v) is 19.9. The molecule has 2 heterocycles. The number of hydrogen-bond acceptors (Lipinski definition) is 5. The van der Waals surface area contributed by atoms with Gasteiger partial charge in [-0.3, -0.25) is 9.59 Å². The van der Waals surface area contributed by atoms with E-state index in [1.165, 1.54) is 27.4 Å². The molecule has 2 aliphatic rings. The van der Waals surface area contributed by atoms with E-state index < -0.39 is 21.8 Å². The summed E-state index contributed by atoms with van der Waals surface area (Å²) >= 11 is 0. The Balaban J connectivity index is 1.24. The number of anilines is 2. The van der Waals surface area contributed by atoms with Crippen LogP contribution in [0.2, 0.25) is 0 Å². The fraction of sp³-hybridized carbons (Fsp3) is 0.417. The first-order valence-corrected chi connectivity index (χ1v) is 13.0. The summed E-state index contributed by atoms with van der Waals surface area (Å²) in [7, 11) is -3.51. The molecule has 8 nitrogen and oxygen atoms in total. The molecule has 182 valence electrons. The molecular formula is C24H29FN4O4S. The largest absolute Gasteiger partial charge is 0.369 e. The highest BCUT2D eigenvalue weighted by molar-refractivity contribution is 7.89. The van der Waals surface area contributed by atoms with Crippen molar-refractivity contribution in [3.63, 3.8) is 0 Å². The van der Waals surface area contributed by atoms with Crippen molar-refractivity contribution in [2.45, 2.75) is 13.3 Å². The molecule has 2 aromatic carbocycles. The van der Waals surface area contributed by atoms with Crippen molar-refractivity contribution < 1.29 is 22.4 Å². The van der Waals surface area contributed by atoms with Gasteiger partial charge in [0.1, 0.15) is 5.82 Å². The lowest BCUT2D eigenvalue weighted by Gasteiger charge is -2.35. The maximum atomic E-state index is 13.5.